The third-order valence-electron chi connectivity index (χ3n) is 7.73. The van der Waals surface area contributed by atoms with E-state index in [-0.39, 0.29) is 29.2 Å². The van der Waals surface area contributed by atoms with E-state index in [1.54, 1.807) is 30.3 Å². The second kappa shape index (κ2) is 15.4. The lowest BCUT2D eigenvalue weighted by Crippen LogP contribution is -2.57. The molecular weight excluding hydrogens is 651 g/mol. The van der Waals surface area contributed by atoms with Crippen LogP contribution in [0.4, 0.5) is 26.7 Å². The van der Waals surface area contributed by atoms with E-state index in [1.807, 2.05) is 0 Å². The molecule has 0 aliphatic heterocycles. The van der Waals surface area contributed by atoms with Crippen LogP contribution in [0, 0.1) is 11.7 Å². The van der Waals surface area contributed by atoms with Gasteiger partial charge in [-0.15, -0.1) is 0 Å². The van der Waals surface area contributed by atoms with Crippen molar-refractivity contribution in [2.24, 2.45) is 5.92 Å². The first-order valence-electron chi connectivity index (χ1n) is 14.6. The predicted molar refractivity (Wildman–Crippen MR) is 161 cm³/mol. The van der Waals surface area contributed by atoms with Gasteiger partial charge in [0, 0.05) is 24.7 Å². The molecule has 3 amide bonds. The molecule has 0 unspecified atom stereocenters. The molecule has 15 heteroatoms. The largest absolute Gasteiger partial charge is 0.468 e. The number of ether oxygens (including phenoxy) is 2. The second-order valence-corrected chi connectivity index (χ2v) is 11.4. The van der Waals surface area contributed by atoms with Crippen molar-refractivity contribution >= 4 is 29.5 Å². The molecule has 47 heavy (non-hydrogen) atoms. The first kappa shape index (κ1) is 35.4. The van der Waals surface area contributed by atoms with E-state index >= 15 is 4.39 Å². The molecule has 0 bridgehead atoms. The fraction of sp³-hybridized carbons (Fsp3) is 0.375. The summed E-state index contributed by atoms with van der Waals surface area (Å²) in [4.78, 5) is 42.8. The third-order valence-corrected chi connectivity index (χ3v) is 7.95. The summed E-state index contributed by atoms with van der Waals surface area (Å²) in [7, 11) is 1.18. The summed E-state index contributed by atoms with van der Waals surface area (Å²) in [6.07, 6.45) is -5.82. The molecule has 3 aromatic rings. The number of alkyl halides is 4. The third kappa shape index (κ3) is 9.09. The van der Waals surface area contributed by atoms with Gasteiger partial charge in [0.05, 0.1) is 23.7 Å². The van der Waals surface area contributed by atoms with Crippen molar-refractivity contribution in [3.8, 4) is 5.75 Å². The standard InChI is InChI=1S/C32H32ClF5N4O5/c1-46-27(43)18-40-28(44)24-9-5-6-10-25(24)41-30(45)42-31(16-19-7-3-2-4-8-19,26-12-11-21(33)17-39-26)20-13-22(34)15-23(14-20)47-32(37,38)29(35)36/h2-4,7-8,11-15,17,24-25,29H,5-6,9-10,16,18H2,1H3,(H,40,44)(H2,41,42,45)/t24-,25+,31-/m0/s1. The Kier molecular flexibility index (Phi) is 11.6. The monoisotopic (exact) mass is 682 g/mol. The topological polar surface area (TPSA) is 119 Å². The molecule has 1 aromatic heterocycles. The van der Waals surface area contributed by atoms with Crippen LogP contribution in [0.15, 0.2) is 66.9 Å². The molecular formula is C32H32ClF5N4O5. The van der Waals surface area contributed by atoms with Crippen molar-refractivity contribution in [1.29, 1.82) is 0 Å². The van der Waals surface area contributed by atoms with Crippen molar-refractivity contribution < 1.29 is 45.8 Å². The minimum atomic E-state index is -4.94. The fourth-order valence-corrected chi connectivity index (χ4v) is 5.61. The highest BCUT2D eigenvalue weighted by molar-refractivity contribution is 6.30. The SMILES string of the molecule is COC(=O)CNC(=O)[C@H]1CCCC[C@H]1NC(=O)N[C@@](Cc1ccccc1)(c1cc(F)cc(OC(F)(F)C(F)F)c1)c1ccc(Cl)cn1. The number of methoxy groups -OCH3 is 1. The number of rotatable bonds is 12. The maximum Gasteiger partial charge on any atom is 0.461 e. The van der Waals surface area contributed by atoms with Gasteiger partial charge in [0.25, 0.3) is 0 Å². The summed E-state index contributed by atoms with van der Waals surface area (Å²) in [6, 6.07) is 12.3. The number of esters is 1. The minimum Gasteiger partial charge on any atom is -0.468 e. The summed E-state index contributed by atoms with van der Waals surface area (Å²) in [6.45, 7) is -0.359. The van der Waals surface area contributed by atoms with Crippen LogP contribution in [-0.2, 0) is 26.3 Å². The van der Waals surface area contributed by atoms with Crippen LogP contribution in [0.2, 0.25) is 5.02 Å². The van der Waals surface area contributed by atoms with Crippen LogP contribution >= 0.6 is 11.6 Å². The second-order valence-electron chi connectivity index (χ2n) is 11.0. The maximum atomic E-state index is 15.1. The molecule has 9 nitrogen and oxygen atoms in total. The lowest BCUT2D eigenvalue weighted by atomic mass is 9.80. The Morgan fingerprint density at radius 1 is 1.04 bits per heavy atom. The number of urea groups is 1. The molecule has 0 spiro atoms. The summed E-state index contributed by atoms with van der Waals surface area (Å²) in [5.74, 6) is -3.87. The van der Waals surface area contributed by atoms with Crippen LogP contribution in [-0.4, -0.2) is 55.1 Å². The predicted octanol–water partition coefficient (Wildman–Crippen LogP) is 5.74. The lowest BCUT2D eigenvalue weighted by molar-refractivity contribution is -0.253. The molecule has 1 saturated carbocycles. The van der Waals surface area contributed by atoms with Crippen LogP contribution in [0.25, 0.3) is 0 Å². The summed E-state index contributed by atoms with van der Waals surface area (Å²) >= 11 is 6.09. The molecule has 3 N–H and O–H groups in total. The zero-order chi connectivity index (χ0) is 34.2. The summed E-state index contributed by atoms with van der Waals surface area (Å²) < 4.78 is 77.8. The Hall–Kier alpha value is -4.46. The van der Waals surface area contributed by atoms with Crippen molar-refractivity contribution in [3.63, 3.8) is 0 Å². The minimum absolute atomic E-state index is 0.0917. The number of pyridine rings is 1. The van der Waals surface area contributed by atoms with Gasteiger partial charge >= 0.3 is 24.5 Å². The smallest absolute Gasteiger partial charge is 0.461 e. The number of nitrogens with one attached hydrogen (secondary N) is 3. The van der Waals surface area contributed by atoms with E-state index in [9.17, 15) is 31.9 Å². The van der Waals surface area contributed by atoms with Crippen molar-refractivity contribution in [2.75, 3.05) is 13.7 Å². The molecule has 0 saturated heterocycles. The van der Waals surface area contributed by atoms with Crippen molar-refractivity contribution in [3.05, 3.63) is 94.5 Å². The zero-order valence-corrected chi connectivity index (χ0v) is 25.8. The van der Waals surface area contributed by atoms with Crippen molar-refractivity contribution in [1.82, 2.24) is 20.9 Å². The molecule has 0 radical (unpaired) electrons. The zero-order valence-electron chi connectivity index (χ0n) is 25.1. The van der Waals surface area contributed by atoms with E-state index in [2.05, 4.69) is 30.4 Å². The van der Waals surface area contributed by atoms with Crippen LogP contribution < -0.4 is 20.7 Å². The highest BCUT2D eigenvalue weighted by Gasteiger charge is 2.45. The Labute approximate surface area is 272 Å². The average molecular weight is 683 g/mol. The fourth-order valence-electron chi connectivity index (χ4n) is 5.50. The Morgan fingerprint density at radius 3 is 2.43 bits per heavy atom. The molecule has 1 aliphatic carbocycles. The van der Waals surface area contributed by atoms with Gasteiger partial charge in [0.1, 0.15) is 23.7 Å². The Bertz CT molecular complexity index is 1550. The summed E-state index contributed by atoms with van der Waals surface area (Å²) in [5.41, 5.74) is -1.31. The Balaban J connectivity index is 1.77. The molecule has 1 heterocycles. The number of carbonyl (C=O) groups excluding carboxylic acids is 3. The number of benzene rings is 2. The number of amides is 3. The van der Waals surface area contributed by atoms with Gasteiger partial charge in [0.15, 0.2) is 0 Å². The molecule has 2 aromatic carbocycles. The normalized spacial score (nSPS) is 17.7. The maximum absolute atomic E-state index is 15.1. The van der Waals surface area contributed by atoms with Crippen LogP contribution in [0.5, 0.6) is 5.75 Å². The van der Waals surface area contributed by atoms with E-state index in [0.29, 0.717) is 37.3 Å². The van der Waals surface area contributed by atoms with Gasteiger partial charge in [-0.3, -0.25) is 14.6 Å². The first-order valence-corrected chi connectivity index (χ1v) is 15.0. The quantitative estimate of drug-likeness (QED) is 0.166. The van der Waals surface area contributed by atoms with Gasteiger partial charge in [-0.25, -0.2) is 9.18 Å². The number of hydrogen-bond donors (Lipinski definition) is 3. The van der Waals surface area contributed by atoms with Gasteiger partial charge in [-0.05, 0) is 48.2 Å². The molecule has 1 aliphatic rings. The highest BCUT2D eigenvalue weighted by atomic mass is 35.5. The molecule has 1 fully saturated rings. The van der Waals surface area contributed by atoms with E-state index in [0.717, 1.165) is 12.1 Å². The van der Waals surface area contributed by atoms with E-state index < -0.39 is 59.5 Å². The Morgan fingerprint density at radius 2 is 1.77 bits per heavy atom. The van der Waals surface area contributed by atoms with Gasteiger partial charge in [0.2, 0.25) is 5.91 Å². The van der Waals surface area contributed by atoms with Gasteiger partial charge in [-0.1, -0.05) is 54.8 Å². The number of halogens is 6. The van der Waals surface area contributed by atoms with E-state index in [1.165, 1.54) is 25.4 Å². The number of aromatic nitrogens is 1. The van der Waals surface area contributed by atoms with Gasteiger partial charge < -0.3 is 25.4 Å². The number of nitrogens with zero attached hydrogens (tertiary/aromatic N) is 1. The van der Waals surface area contributed by atoms with Crippen LogP contribution in [0.1, 0.15) is 42.5 Å². The first-order chi connectivity index (χ1) is 22.3. The molecule has 4 rings (SSSR count). The highest BCUT2D eigenvalue weighted by Crippen LogP contribution is 2.37. The van der Waals surface area contributed by atoms with Gasteiger partial charge in [-0.2, -0.15) is 17.6 Å². The average Bonchev–Trinajstić information content (AvgIpc) is 3.03. The number of carbonyl (C=O) groups is 3. The number of hydrogen-bond acceptors (Lipinski definition) is 6. The van der Waals surface area contributed by atoms with Crippen LogP contribution in [0.3, 0.4) is 0 Å². The summed E-state index contributed by atoms with van der Waals surface area (Å²) in [5, 5.41) is 8.34. The molecule has 3 atom stereocenters. The lowest BCUT2D eigenvalue weighted by Gasteiger charge is -2.37. The van der Waals surface area contributed by atoms with Crippen molar-refractivity contribution in [2.45, 2.75) is 56.2 Å². The molecule has 252 valence electrons. The van der Waals surface area contributed by atoms with E-state index in [4.69, 9.17) is 11.6 Å².